The molecular formula is C20H21N3O4S3. The number of carbonyl (C=O) groups excluding carboxylic acids is 2. The lowest BCUT2D eigenvalue weighted by molar-refractivity contribution is -0.116. The molecular weight excluding hydrogens is 442 g/mol. The Morgan fingerprint density at radius 1 is 1.27 bits per heavy atom. The maximum atomic E-state index is 13.0. The summed E-state index contributed by atoms with van der Waals surface area (Å²) in [5.41, 5.74) is 1.15. The van der Waals surface area contributed by atoms with Gasteiger partial charge < -0.3 is 10.2 Å². The van der Waals surface area contributed by atoms with Gasteiger partial charge in [0.15, 0.2) is 0 Å². The van der Waals surface area contributed by atoms with Crippen molar-refractivity contribution < 1.29 is 18.0 Å². The molecule has 158 valence electrons. The summed E-state index contributed by atoms with van der Waals surface area (Å²) < 4.78 is 27.4. The number of rotatable bonds is 6. The van der Waals surface area contributed by atoms with Crippen LogP contribution in [0, 0.1) is 12.3 Å². The first-order chi connectivity index (χ1) is 14.3. The Morgan fingerprint density at radius 2 is 2.00 bits per heavy atom. The third-order valence-corrected chi connectivity index (χ3v) is 8.37. The fourth-order valence-corrected chi connectivity index (χ4v) is 6.90. The fourth-order valence-electron chi connectivity index (χ4n) is 2.93. The smallest absolute Gasteiger partial charge is 0.265 e. The largest absolute Gasteiger partial charge is 0.332 e. The van der Waals surface area contributed by atoms with Crippen LogP contribution in [-0.2, 0) is 14.8 Å². The minimum Gasteiger partial charge on any atom is -0.332 e. The van der Waals surface area contributed by atoms with E-state index in [0.29, 0.717) is 24.3 Å². The summed E-state index contributed by atoms with van der Waals surface area (Å²) in [4.78, 5) is 26.5. The first kappa shape index (κ1) is 22.4. The standard InChI is InChI=1S/C20H21N3O4S3/c1-3-15-5-4-6-16(13-15)21-18(24)14-22(2)20(25)19-17(7-10-29-19)30(26,27)23-8-11-28-12-9-23/h1,4-7,10,13H,8-9,11-12,14H2,2H3,(H,21,24). The van der Waals surface area contributed by atoms with E-state index < -0.39 is 21.8 Å². The number of nitrogens with zero attached hydrogens (tertiary/aromatic N) is 2. The predicted octanol–water partition coefficient (Wildman–Crippen LogP) is 2.18. The van der Waals surface area contributed by atoms with Crippen molar-refractivity contribution in [2.24, 2.45) is 0 Å². The number of nitrogens with one attached hydrogen (secondary N) is 1. The van der Waals surface area contributed by atoms with E-state index in [1.54, 1.807) is 41.4 Å². The summed E-state index contributed by atoms with van der Waals surface area (Å²) in [7, 11) is -2.28. The summed E-state index contributed by atoms with van der Waals surface area (Å²) in [6, 6.07) is 8.27. The normalized spacial score (nSPS) is 14.7. The summed E-state index contributed by atoms with van der Waals surface area (Å²) in [5.74, 6) is 3.03. The van der Waals surface area contributed by atoms with Crippen LogP contribution < -0.4 is 5.32 Å². The number of sulfonamides is 1. The molecule has 1 aromatic carbocycles. The first-order valence-electron chi connectivity index (χ1n) is 9.10. The van der Waals surface area contributed by atoms with E-state index in [1.807, 2.05) is 0 Å². The molecule has 1 fully saturated rings. The topological polar surface area (TPSA) is 86.8 Å². The van der Waals surface area contributed by atoms with Gasteiger partial charge in [0.2, 0.25) is 15.9 Å². The average Bonchev–Trinajstić information content (AvgIpc) is 3.24. The van der Waals surface area contributed by atoms with Crippen LogP contribution in [-0.4, -0.2) is 67.6 Å². The second-order valence-electron chi connectivity index (χ2n) is 6.56. The van der Waals surface area contributed by atoms with E-state index in [0.717, 1.165) is 22.8 Å². The van der Waals surface area contributed by atoms with Crippen LogP contribution in [0.2, 0.25) is 0 Å². The Kier molecular flexibility index (Phi) is 7.20. The predicted molar refractivity (Wildman–Crippen MR) is 120 cm³/mol. The molecule has 3 rings (SSSR count). The Balaban J connectivity index is 1.70. The van der Waals surface area contributed by atoms with Gasteiger partial charge in [0.25, 0.3) is 5.91 Å². The lowest BCUT2D eigenvalue weighted by atomic mass is 10.2. The zero-order valence-corrected chi connectivity index (χ0v) is 18.8. The van der Waals surface area contributed by atoms with Crippen molar-refractivity contribution in [1.29, 1.82) is 0 Å². The van der Waals surface area contributed by atoms with Gasteiger partial charge in [0, 0.05) is 42.9 Å². The molecule has 7 nitrogen and oxygen atoms in total. The van der Waals surface area contributed by atoms with Crippen molar-refractivity contribution in [1.82, 2.24) is 9.21 Å². The van der Waals surface area contributed by atoms with Gasteiger partial charge in [-0.1, -0.05) is 12.0 Å². The quantitative estimate of drug-likeness (QED) is 0.664. The molecule has 2 amide bonds. The molecule has 1 aliphatic rings. The monoisotopic (exact) mass is 463 g/mol. The minimum atomic E-state index is -3.75. The van der Waals surface area contributed by atoms with E-state index in [1.165, 1.54) is 22.3 Å². The van der Waals surface area contributed by atoms with Gasteiger partial charge in [-0.3, -0.25) is 9.59 Å². The number of hydrogen-bond donors (Lipinski definition) is 1. The molecule has 0 saturated carbocycles. The van der Waals surface area contributed by atoms with Gasteiger partial charge in [0.05, 0.1) is 6.54 Å². The Hall–Kier alpha value is -2.32. The molecule has 0 atom stereocenters. The summed E-state index contributed by atoms with van der Waals surface area (Å²) in [5, 5.41) is 4.27. The lowest BCUT2D eigenvalue weighted by Crippen LogP contribution is -2.39. The second kappa shape index (κ2) is 9.66. The van der Waals surface area contributed by atoms with Crippen LogP contribution in [0.4, 0.5) is 5.69 Å². The number of terminal acetylenes is 1. The van der Waals surface area contributed by atoms with Crippen LogP contribution in [0.15, 0.2) is 40.6 Å². The molecule has 0 spiro atoms. The maximum absolute atomic E-state index is 13.0. The van der Waals surface area contributed by atoms with Crippen LogP contribution in [0.5, 0.6) is 0 Å². The molecule has 10 heteroatoms. The number of hydrogen-bond acceptors (Lipinski definition) is 6. The zero-order valence-electron chi connectivity index (χ0n) is 16.3. The Labute approximate surface area is 184 Å². The highest BCUT2D eigenvalue weighted by Gasteiger charge is 2.32. The van der Waals surface area contributed by atoms with Crippen molar-refractivity contribution in [3.05, 3.63) is 46.2 Å². The molecule has 30 heavy (non-hydrogen) atoms. The van der Waals surface area contributed by atoms with Crippen molar-refractivity contribution in [3.8, 4) is 12.3 Å². The van der Waals surface area contributed by atoms with Crippen molar-refractivity contribution in [3.63, 3.8) is 0 Å². The van der Waals surface area contributed by atoms with Crippen LogP contribution >= 0.6 is 23.1 Å². The molecule has 0 aliphatic carbocycles. The Bertz CT molecular complexity index is 1080. The molecule has 2 aromatic rings. The summed E-state index contributed by atoms with van der Waals surface area (Å²) in [6.45, 7) is 0.619. The number of benzene rings is 1. The average molecular weight is 464 g/mol. The van der Waals surface area contributed by atoms with E-state index in [9.17, 15) is 18.0 Å². The van der Waals surface area contributed by atoms with Gasteiger partial charge in [0.1, 0.15) is 9.77 Å². The first-order valence-corrected chi connectivity index (χ1v) is 12.6. The lowest BCUT2D eigenvalue weighted by Gasteiger charge is -2.26. The number of likely N-dealkylation sites (N-methyl/N-ethyl adjacent to an activating group) is 1. The van der Waals surface area contributed by atoms with Crippen molar-refractivity contribution in [2.45, 2.75) is 4.90 Å². The number of thiophene rings is 1. The minimum absolute atomic E-state index is 0.00150. The van der Waals surface area contributed by atoms with Crippen molar-refractivity contribution in [2.75, 3.05) is 43.5 Å². The Morgan fingerprint density at radius 3 is 2.70 bits per heavy atom. The van der Waals surface area contributed by atoms with Crippen molar-refractivity contribution >= 4 is 50.6 Å². The van der Waals surface area contributed by atoms with E-state index in [4.69, 9.17) is 6.42 Å². The van der Waals surface area contributed by atoms with Crippen LogP contribution in [0.25, 0.3) is 0 Å². The molecule has 1 aliphatic heterocycles. The third-order valence-electron chi connectivity index (χ3n) is 4.45. The molecule has 0 bridgehead atoms. The van der Waals surface area contributed by atoms with Crippen LogP contribution in [0.1, 0.15) is 15.2 Å². The molecule has 1 N–H and O–H groups in total. The number of anilines is 1. The zero-order chi connectivity index (χ0) is 21.7. The fraction of sp³-hybridized carbons (Fsp3) is 0.300. The van der Waals surface area contributed by atoms with Gasteiger partial charge in [-0.15, -0.1) is 17.8 Å². The highest BCUT2D eigenvalue weighted by Crippen LogP contribution is 2.28. The third kappa shape index (κ3) is 5.05. The SMILES string of the molecule is C#Cc1cccc(NC(=O)CN(C)C(=O)c2sccc2S(=O)(=O)N2CCSCC2)c1. The second-order valence-corrected chi connectivity index (χ2v) is 10.6. The molecule has 1 saturated heterocycles. The molecule has 0 unspecified atom stereocenters. The van der Waals surface area contributed by atoms with Gasteiger partial charge >= 0.3 is 0 Å². The number of carbonyl (C=O) groups is 2. The van der Waals surface area contributed by atoms with E-state index in [-0.39, 0.29) is 16.3 Å². The number of amides is 2. The molecule has 1 aromatic heterocycles. The van der Waals surface area contributed by atoms with Gasteiger partial charge in [-0.25, -0.2) is 8.42 Å². The van der Waals surface area contributed by atoms with Crippen LogP contribution in [0.3, 0.4) is 0 Å². The van der Waals surface area contributed by atoms with Gasteiger partial charge in [-0.2, -0.15) is 16.1 Å². The van der Waals surface area contributed by atoms with E-state index >= 15 is 0 Å². The highest BCUT2D eigenvalue weighted by atomic mass is 32.2. The molecule has 0 radical (unpaired) electrons. The highest BCUT2D eigenvalue weighted by molar-refractivity contribution is 7.99. The number of thioether (sulfide) groups is 1. The summed E-state index contributed by atoms with van der Waals surface area (Å²) in [6.07, 6.45) is 5.36. The maximum Gasteiger partial charge on any atom is 0.265 e. The summed E-state index contributed by atoms with van der Waals surface area (Å²) >= 11 is 2.76. The van der Waals surface area contributed by atoms with E-state index in [2.05, 4.69) is 11.2 Å². The van der Waals surface area contributed by atoms with Gasteiger partial charge in [-0.05, 0) is 29.6 Å². The molecule has 2 heterocycles.